The van der Waals surface area contributed by atoms with Gasteiger partial charge in [-0.05, 0) is 13.8 Å². The van der Waals surface area contributed by atoms with Gasteiger partial charge < -0.3 is 0 Å². The van der Waals surface area contributed by atoms with Crippen LogP contribution in [0.1, 0.15) is 25.4 Å². The molecule has 0 aliphatic rings. The number of aryl methyl sites for hydroxylation is 3. The van der Waals surface area contributed by atoms with Crippen molar-refractivity contribution in [2.24, 2.45) is 0 Å². The average Bonchev–Trinajstić information content (AvgIpc) is 2.61. The predicted octanol–water partition coefficient (Wildman–Crippen LogP) is 1.72. The zero-order valence-corrected chi connectivity index (χ0v) is 8.78. The first kappa shape index (κ1) is 9.12. The minimum Gasteiger partial charge on any atom is -0.247 e. The SMILES string of the molecule is CCc1nc(C)c2cnn(CC)c2n1. The van der Waals surface area contributed by atoms with Crippen LogP contribution >= 0.6 is 0 Å². The largest absolute Gasteiger partial charge is 0.247 e. The topological polar surface area (TPSA) is 43.6 Å². The molecule has 0 fully saturated rings. The number of rotatable bonds is 2. The van der Waals surface area contributed by atoms with Crippen molar-refractivity contribution < 1.29 is 0 Å². The monoisotopic (exact) mass is 190 g/mol. The van der Waals surface area contributed by atoms with E-state index in [1.54, 1.807) is 0 Å². The second-order valence-corrected chi connectivity index (χ2v) is 3.28. The first-order valence-corrected chi connectivity index (χ1v) is 4.95. The van der Waals surface area contributed by atoms with Gasteiger partial charge >= 0.3 is 0 Å². The van der Waals surface area contributed by atoms with Gasteiger partial charge in [-0.3, -0.25) is 0 Å². The molecule has 0 bridgehead atoms. The van der Waals surface area contributed by atoms with Gasteiger partial charge in [0, 0.05) is 13.0 Å². The minimum absolute atomic E-state index is 0.850. The van der Waals surface area contributed by atoms with Crippen molar-refractivity contribution >= 4 is 11.0 Å². The van der Waals surface area contributed by atoms with Crippen LogP contribution in [0.4, 0.5) is 0 Å². The fourth-order valence-corrected chi connectivity index (χ4v) is 1.54. The Hall–Kier alpha value is -1.45. The Morgan fingerprint density at radius 3 is 2.71 bits per heavy atom. The molecule has 0 saturated carbocycles. The molecule has 0 unspecified atom stereocenters. The van der Waals surface area contributed by atoms with Crippen molar-refractivity contribution in [3.63, 3.8) is 0 Å². The van der Waals surface area contributed by atoms with Crippen molar-refractivity contribution in [3.8, 4) is 0 Å². The van der Waals surface area contributed by atoms with Gasteiger partial charge in [0.25, 0.3) is 0 Å². The Balaban J connectivity index is 2.73. The molecular formula is C10H14N4. The summed E-state index contributed by atoms with van der Waals surface area (Å²) in [5.74, 6) is 0.894. The van der Waals surface area contributed by atoms with Crippen LogP contribution in [-0.4, -0.2) is 19.7 Å². The quantitative estimate of drug-likeness (QED) is 0.724. The summed E-state index contributed by atoms with van der Waals surface area (Å²) in [5, 5.41) is 5.32. The van der Waals surface area contributed by atoms with Crippen molar-refractivity contribution in [1.29, 1.82) is 0 Å². The van der Waals surface area contributed by atoms with E-state index >= 15 is 0 Å². The van der Waals surface area contributed by atoms with Gasteiger partial charge in [0.05, 0.1) is 17.3 Å². The van der Waals surface area contributed by atoms with Crippen molar-refractivity contribution in [1.82, 2.24) is 19.7 Å². The molecule has 0 amide bonds. The fourth-order valence-electron chi connectivity index (χ4n) is 1.54. The second-order valence-electron chi connectivity index (χ2n) is 3.28. The zero-order valence-electron chi connectivity index (χ0n) is 8.78. The van der Waals surface area contributed by atoms with Gasteiger partial charge in [0.1, 0.15) is 5.82 Å². The predicted molar refractivity (Wildman–Crippen MR) is 55.1 cm³/mol. The summed E-state index contributed by atoms with van der Waals surface area (Å²) in [6.07, 6.45) is 2.71. The fraction of sp³-hybridized carbons (Fsp3) is 0.500. The lowest BCUT2D eigenvalue weighted by atomic mass is 10.3. The molecule has 0 aromatic carbocycles. The zero-order chi connectivity index (χ0) is 10.1. The number of aromatic nitrogens is 4. The van der Waals surface area contributed by atoms with Crippen molar-refractivity contribution in [3.05, 3.63) is 17.7 Å². The van der Waals surface area contributed by atoms with Crippen LogP contribution in [0.15, 0.2) is 6.20 Å². The Bertz CT molecular complexity index is 458. The summed E-state index contributed by atoms with van der Waals surface area (Å²) in [6.45, 7) is 6.98. The molecular weight excluding hydrogens is 176 g/mol. The molecule has 2 heterocycles. The second kappa shape index (κ2) is 3.36. The molecule has 2 rings (SSSR count). The van der Waals surface area contributed by atoms with E-state index in [0.717, 1.165) is 35.5 Å². The Labute approximate surface area is 83.0 Å². The third-order valence-electron chi connectivity index (χ3n) is 2.35. The number of nitrogens with zero attached hydrogens (tertiary/aromatic N) is 4. The average molecular weight is 190 g/mol. The van der Waals surface area contributed by atoms with E-state index in [-0.39, 0.29) is 0 Å². The Morgan fingerprint density at radius 1 is 1.29 bits per heavy atom. The van der Waals surface area contributed by atoms with Crippen LogP contribution < -0.4 is 0 Å². The first-order valence-electron chi connectivity index (χ1n) is 4.95. The molecule has 2 aromatic heterocycles. The number of hydrogen-bond donors (Lipinski definition) is 0. The van der Waals surface area contributed by atoms with Gasteiger partial charge in [0.2, 0.25) is 0 Å². The van der Waals surface area contributed by atoms with E-state index in [1.165, 1.54) is 0 Å². The lowest BCUT2D eigenvalue weighted by Crippen LogP contribution is -2.01. The summed E-state index contributed by atoms with van der Waals surface area (Å²) in [6, 6.07) is 0. The third kappa shape index (κ3) is 1.27. The van der Waals surface area contributed by atoms with Gasteiger partial charge in [-0.1, -0.05) is 6.92 Å². The minimum atomic E-state index is 0.850. The molecule has 74 valence electrons. The van der Waals surface area contributed by atoms with E-state index in [0.29, 0.717) is 0 Å². The molecule has 0 aliphatic heterocycles. The number of hydrogen-bond acceptors (Lipinski definition) is 3. The molecule has 0 radical (unpaired) electrons. The molecule has 0 spiro atoms. The standard InChI is InChI=1S/C10H14N4/c1-4-9-12-7(3)8-6-11-14(5-2)10(8)13-9/h6H,4-5H2,1-3H3. The molecule has 14 heavy (non-hydrogen) atoms. The lowest BCUT2D eigenvalue weighted by Gasteiger charge is -2.01. The van der Waals surface area contributed by atoms with E-state index in [4.69, 9.17) is 0 Å². The van der Waals surface area contributed by atoms with E-state index in [2.05, 4.69) is 28.9 Å². The maximum absolute atomic E-state index is 4.47. The smallest absolute Gasteiger partial charge is 0.161 e. The Morgan fingerprint density at radius 2 is 2.07 bits per heavy atom. The highest BCUT2D eigenvalue weighted by molar-refractivity contribution is 5.76. The van der Waals surface area contributed by atoms with Gasteiger partial charge in [-0.2, -0.15) is 5.10 Å². The summed E-state index contributed by atoms with van der Waals surface area (Å²) in [7, 11) is 0. The highest BCUT2D eigenvalue weighted by Crippen LogP contribution is 2.14. The molecule has 0 atom stereocenters. The maximum Gasteiger partial charge on any atom is 0.161 e. The van der Waals surface area contributed by atoms with Crippen molar-refractivity contribution in [2.75, 3.05) is 0 Å². The highest BCUT2D eigenvalue weighted by Gasteiger charge is 2.07. The van der Waals surface area contributed by atoms with Crippen molar-refractivity contribution in [2.45, 2.75) is 33.7 Å². The summed E-state index contributed by atoms with van der Waals surface area (Å²) >= 11 is 0. The van der Waals surface area contributed by atoms with Crippen LogP contribution in [0, 0.1) is 6.92 Å². The summed E-state index contributed by atoms with van der Waals surface area (Å²) < 4.78 is 1.91. The molecule has 0 saturated heterocycles. The highest BCUT2D eigenvalue weighted by atomic mass is 15.3. The van der Waals surface area contributed by atoms with E-state index in [9.17, 15) is 0 Å². The van der Waals surface area contributed by atoms with E-state index in [1.807, 2.05) is 17.8 Å². The molecule has 0 aliphatic carbocycles. The number of fused-ring (bicyclic) bond motifs is 1. The molecule has 0 N–H and O–H groups in total. The normalized spacial score (nSPS) is 11.1. The van der Waals surface area contributed by atoms with Gasteiger partial charge in [0.15, 0.2) is 5.65 Å². The van der Waals surface area contributed by atoms with E-state index < -0.39 is 0 Å². The van der Waals surface area contributed by atoms with Gasteiger partial charge in [-0.25, -0.2) is 14.6 Å². The first-order chi connectivity index (χ1) is 6.76. The molecule has 4 heteroatoms. The van der Waals surface area contributed by atoms with Crippen LogP contribution in [0.25, 0.3) is 11.0 Å². The van der Waals surface area contributed by atoms with Crippen LogP contribution in [0.5, 0.6) is 0 Å². The van der Waals surface area contributed by atoms with Crippen LogP contribution in [0.3, 0.4) is 0 Å². The Kier molecular flexibility index (Phi) is 2.19. The summed E-state index contributed by atoms with van der Waals surface area (Å²) in [5.41, 5.74) is 1.98. The summed E-state index contributed by atoms with van der Waals surface area (Å²) in [4.78, 5) is 8.88. The van der Waals surface area contributed by atoms with Crippen LogP contribution in [-0.2, 0) is 13.0 Å². The molecule has 4 nitrogen and oxygen atoms in total. The third-order valence-corrected chi connectivity index (χ3v) is 2.35. The maximum atomic E-state index is 4.47. The molecule has 2 aromatic rings. The lowest BCUT2D eigenvalue weighted by molar-refractivity contribution is 0.674. The van der Waals surface area contributed by atoms with Crippen LogP contribution in [0.2, 0.25) is 0 Å². The van der Waals surface area contributed by atoms with Gasteiger partial charge in [-0.15, -0.1) is 0 Å².